The second kappa shape index (κ2) is 11.4. The molecule has 0 unspecified atom stereocenters. The molecule has 1 aromatic heterocycles. The molecule has 0 saturated heterocycles. The van der Waals surface area contributed by atoms with E-state index < -0.39 is 63.7 Å². The van der Waals surface area contributed by atoms with Gasteiger partial charge in [-0.1, -0.05) is 0 Å². The Bertz CT molecular complexity index is 1630. The first-order chi connectivity index (χ1) is 18.9. The number of nitrogens with one attached hydrogen (secondary N) is 2. The number of hydrogen-bond donors (Lipinski definition) is 2. The summed E-state index contributed by atoms with van der Waals surface area (Å²) < 4.78 is 100. The molecular formula is C26H21F5N4O4S. The molecule has 4 aromatic rings. The highest BCUT2D eigenvalue weighted by Gasteiger charge is 2.29. The number of aromatic nitrogens is 1. The lowest BCUT2D eigenvalue weighted by molar-refractivity contribution is 0.0942. The average molecular weight is 581 g/mol. The van der Waals surface area contributed by atoms with Gasteiger partial charge in [-0.25, -0.2) is 40.1 Å². The maximum Gasteiger partial charge on any atom is 0.257 e. The van der Waals surface area contributed by atoms with Crippen LogP contribution in [0.1, 0.15) is 10.4 Å². The Kier molecular flexibility index (Phi) is 8.21. The Morgan fingerprint density at radius 1 is 0.825 bits per heavy atom. The van der Waals surface area contributed by atoms with E-state index in [2.05, 4.69) is 9.71 Å². The van der Waals surface area contributed by atoms with Crippen LogP contribution in [0.15, 0.2) is 64.0 Å². The quantitative estimate of drug-likeness (QED) is 0.131. The van der Waals surface area contributed by atoms with Crippen LogP contribution in [-0.4, -0.2) is 46.5 Å². The zero-order valence-electron chi connectivity index (χ0n) is 20.9. The third-order valence-electron chi connectivity index (χ3n) is 5.72. The zero-order chi connectivity index (χ0) is 29.2. The Labute approximate surface area is 225 Å². The lowest BCUT2D eigenvalue weighted by Gasteiger charge is -2.11. The number of hydrogen-bond acceptors (Lipinski definition) is 6. The number of oxazole rings is 1. The van der Waals surface area contributed by atoms with Gasteiger partial charge < -0.3 is 14.6 Å². The van der Waals surface area contributed by atoms with Gasteiger partial charge in [0, 0.05) is 44.0 Å². The fourth-order valence-corrected chi connectivity index (χ4v) is 4.61. The van der Waals surface area contributed by atoms with Crippen molar-refractivity contribution in [3.8, 4) is 22.8 Å². The van der Waals surface area contributed by atoms with Gasteiger partial charge in [0.05, 0.1) is 11.1 Å². The minimum Gasteiger partial charge on any atom is -0.436 e. The van der Waals surface area contributed by atoms with Gasteiger partial charge in [0.15, 0.2) is 29.0 Å². The molecule has 14 heteroatoms. The smallest absolute Gasteiger partial charge is 0.257 e. The van der Waals surface area contributed by atoms with Gasteiger partial charge in [-0.05, 0) is 48.5 Å². The van der Waals surface area contributed by atoms with Gasteiger partial charge >= 0.3 is 0 Å². The fraction of sp³-hybridized carbons (Fsp3) is 0.154. The van der Waals surface area contributed by atoms with Crippen LogP contribution in [0, 0.1) is 29.1 Å². The van der Waals surface area contributed by atoms with Crippen molar-refractivity contribution in [3.63, 3.8) is 0 Å². The van der Waals surface area contributed by atoms with Crippen LogP contribution in [0.25, 0.3) is 22.8 Å². The Morgan fingerprint density at radius 3 is 1.95 bits per heavy atom. The highest BCUT2D eigenvalue weighted by atomic mass is 32.2. The molecule has 0 atom stereocenters. The van der Waals surface area contributed by atoms with Gasteiger partial charge in [-0.3, -0.25) is 4.79 Å². The van der Waals surface area contributed by atoms with E-state index in [1.807, 2.05) is 48.6 Å². The summed E-state index contributed by atoms with van der Waals surface area (Å²) in [7, 11) is -0.235. The van der Waals surface area contributed by atoms with Crippen molar-refractivity contribution in [2.75, 3.05) is 32.1 Å². The van der Waals surface area contributed by atoms with Crippen molar-refractivity contribution in [1.82, 2.24) is 15.0 Å². The van der Waals surface area contributed by atoms with Crippen LogP contribution < -0.4 is 14.9 Å². The topological polar surface area (TPSA) is 105 Å². The monoisotopic (exact) mass is 580 g/mol. The first-order valence-electron chi connectivity index (χ1n) is 11.5. The van der Waals surface area contributed by atoms with E-state index in [1.54, 1.807) is 6.20 Å². The first kappa shape index (κ1) is 28.7. The maximum atomic E-state index is 13.8. The molecule has 0 bridgehead atoms. The highest BCUT2D eigenvalue weighted by Crippen LogP contribution is 2.28. The van der Waals surface area contributed by atoms with E-state index >= 15 is 0 Å². The molecule has 40 heavy (non-hydrogen) atoms. The number of halogens is 5. The largest absolute Gasteiger partial charge is 0.436 e. The third kappa shape index (κ3) is 5.82. The number of anilines is 1. The third-order valence-corrected chi connectivity index (χ3v) is 7.20. The normalized spacial score (nSPS) is 11.5. The predicted octanol–water partition coefficient (Wildman–Crippen LogP) is 4.48. The molecule has 3 aromatic carbocycles. The fourth-order valence-electron chi connectivity index (χ4n) is 3.58. The standard InChI is InChI=1S/C26H21F5N4O4S/c1-35(2)16-7-3-14(4-8-16)18-13-33-26(39-18)15-5-9-17(10-6-15)40(37,38)34-12-11-32-25(36)19-20(27)22(29)24(31)23(30)21(19)28/h3-10,13,34H,11-12H2,1-2H3,(H,32,36). The second-order valence-electron chi connectivity index (χ2n) is 8.59. The Hall–Kier alpha value is -4.30. The number of sulfonamides is 1. The molecular weight excluding hydrogens is 559 g/mol. The molecule has 8 nitrogen and oxygen atoms in total. The summed E-state index contributed by atoms with van der Waals surface area (Å²) in [5, 5.41) is 1.91. The number of benzene rings is 3. The predicted molar refractivity (Wildman–Crippen MR) is 135 cm³/mol. The Morgan fingerprint density at radius 2 is 1.38 bits per heavy atom. The van der Waals surface area contributed by atoms with Crippen LogP contribution in [0.2, 0.25) is 0 Å². The second-order valence-corrected chi connectivity index (χ2v) is 10.4. The maximum absolute atomic E-state index is 13.8. The summed E-state index contributed by atoms with van der Waals surface area (Å²) in [6.07, 6.45) is 1.55. The van der Waals surface area contributed by atoms with E-state index in [0.29, 0.717) is 11.3 Å². The number of carbonyl (C=O) groups is 1. The molecule has 1 heterocycles. The number of nitrogens with zero attached hydrogens (tertiary/aromatic N) is 2. The van der Waals surface area contributed by atoms with E-state index in [-0.39, 0.29) is 10.8 Å². The number of amides is 1. The molecule has 210 valence electrons. The molecule has 0 spiro atoms. The highest BCUT2D eigenvalue weighted by molar-refractivity contribution is 7.89. The van der Waals surface area contributed by atoms with Gasteiger partial charge in [0.1, 0.15) is 5.56 Å². The average Bonchev–Trinajstić information content (AvgIpc) is 3.44. The number of rotatable bonds is 9. The summed E-state index contributed by atoms with van der Waals surface area (Å²) >= 11 is 0. The molecule has 0 fully saturated rings. The van der Waals surface area contributed by atoms with Gasteiger partial charge in [-0.15, -0.1) is 0 Å². The summed E-state index contributed by atoms with van der Waals surface area (Å²) in [6, 6.07) is 13.2. The van der Waals surface area contributed by atoms with Crippen LogP contribution in [0.3, 0.4) is 0 Å². The minimum absolute atomic E-state index is 0.145. The minimum atomic E-state index is -4.08. The van der Waals surface area contributed by atoms with Crippen molar-refractivity contribution in [2.24, 2.45) is 0 Å². The first-order valence-corrected chi connectivity index (χ1v) is 13.0. The molecule has 0 radical (unpaired) electrons. The van der Waals surface area contributed by atoms with E-state index in [9.17, 15) is 35.2 Å². The molecule has 0 aliphatic heterocycles. The van der Waals surface area contributed by atoms with E-state index in [0.717, 1.165) is 11.3 Å². The SMILES string of the molecule is CN(C)c1ccc(-c2cnc(-c3ccc(S(=O)(=O)NCCNC(=O)c4c(F)c(F)c(F)c(F)c4F)cc3)o2)cc1. The summed E-state index contributed by atoms with van der Waals surface area (Å²) in [5.74, 6) is -12.4. The van der Waals surface area contributed by atoms with Gasteiger partial charge in [0.2, 0.25) is 21.7 Å². The van der Waals surface area contributed by atoms with Crippen molar-refractivity contribution in [3.05, 3.63) is 89.4 Å². The van der Waals surface area contributed by atoms with Crippen molar-refractivity contribution >= 4 is 21.6 Å². The van der Waals surface area contributed by atoms with Crippen molar-refractivity contribution in [1.29, 1.82) is 0 Å². The summed E-state index contributed by atoms with van der Waals surface area (Å²) in [5.41, 5.74) is 0.651. The van der Waals surface area contributed by atoms with Crippen LogP contribution in [0.5, 0.6) is 0 Å². The summed E-state index contributed by atoms with van der Waals surface area (Å²) in [6.45, 7) is -0.953. The lowest BCUT2D eigenvalue weighted by Crippen LogP contribution is -2.35. The number of carbonyl (C=O) groups excluding carboxylic acids is 1. The van der Waals surface area contributed by atoms with Gasteiger partial charge in [-0.2, -0.15) is 0 Å². The Balaban J connectivity index is 1.36. The van der Waals surface area contributed by atoms with Crippen LogP contribution >= 0.6 is 0 Å². The molecule has 1 amide bonds. The van der Waals surface area contributed by atoms with Crippen LogP contribution in [-0.2, 0) is 10.0 Å². The van der Waals surface area contributed by atoms with E-state index in [4.69, 9.17) is 4.42 Å². The molecule has 0 aliphatic rings. The molecule has 0 aliphatic carbocycles. The molecule has 4 rings (SSSR count). The van der Waals surface area contributed by atoms with E-state index in [1.165, 1.54) is 24.3 Å². The molecule has 2 N–H and O–H groups in total. The zero-order valence-corrected chi connectivity index (χ0v) is 21.8. The summed E-state index contributed by atoms with van der Waals surface area (Å²) in [4.78, 5) is 18.0. The van der Waals surface area contributed by atoms with Crippen molar-refractivity contribution in [2.45, 2.75) is 4.90 Å². The van der Waals surface area contributed by atoms with Crippen LogP contribution in [0.4, 0.5) is 27.6 Å². The van der Waals surface area contributed by atoms with Crippen molar-refractivity contribution < 1.29 is 39.6 Å². The molecule has 0 saturated carbocycles. The lowest BCUT2D eigenvalue weighted by atomic mass is 10.1. The van der Waals surface area contributed by atoms with Gasteiger partial charge in [0.25, 0.3) is 5.91 Å².